The van der Waals surface area contributed by atoms with Crippen molar-refractivity contribution < 1.29 is 36.9 Å². The lowest BCUT2D eigenvalue weighted by Gasteiger charge is -2.38. The van der Waals surface area contributed by atoms with E-state index in [2.05, 4.69) is 24.9 Å². The smallest absolute Gasteiger partial charge is 0.403 e. The number of ether oxygens (including phenoxy) is 2. The number of hydrogen-bond donors (Lipinski definition) is 2. The fourth-order valence-corrected chi connectivity index (χ4v) is 6.02. The summed E-state index contributed by atoms with van der Waals surface area (Å²) in [7, 11) is 0. The molecule has 2 fully saturated rings. The molecule has 1 amide bonds. The van der Waals surface area contributed by atoms with Crippen molar-refractivity contribution >= 4 is 11.7 Å². The van der Waals surface area contributed by atoms with Crippen LogP contribution in [0.4, 0.5) is 23.4 Å². The topological polar surface area (TPSA) is 100 Å². The molecule has 9 nitrogen and oxygen atoms in total. The summed E-state index contributed by atoms with van der Waals surface area (Å²) in [6.07, 6.45) is -1.55. The van der Waals surface area contributed by atoms with Gasteiger partial charge in [0.25, 0.3) is 0 Å². The zero-order valence-corrected chi connectivity index (χ0v) is 22.9. The molecule has 0 radical (unpaired) electrons. The Morgan fingerprint density at radius 1 is 1.20 bits per heavy atom. The van der Waals surface area contributed by atoms with E-state index in [9.17, 15) is 27.5 Å². The first kappa shape index (κ1) is 29.5. The molecule has 41 heavy (non-hydrogen) atoms. The SMILES string of the molecule is C[C@@H]1C[C@H](O)c2ncnc(N3CCN(C(=O)[C@H](CCNC4CCOCC4)c4ccc(OC(F)(F)F)c(F)c4)CC3)c21. The Hall–Kier alpha value is -3.03. The second-order valence-electron chi connectivity index (χ2n) is 10.9. The lowest BCUT2D eigenvalue weighted by atomic mass is 9.93. The second kappa shape index (κ2) is 12.5. The van der Waals surface area contributed by atoms with E-state index in [0.29, 0.717) is 70.0 Å². The van der Waals surface area contributed by atoms with Gasteiger partial charge in [0.05, 0.1) is 17.7 Å². The van der Waals surface area contributed by atoms with Crippen LogP contribution in [0.3, 0.4) is 0 Å². The zero-order chi connectivity index (χ0) is 29.1. The Kier molecular flexibility index (Phi) is 8.95. The van der Waals surface area contributed by atoms with E-state index in [-0.39, 0.29) is 17.9 Å². The molecule has 3 aliphatic rings. The van der Waals surface area contributed by atoms with Gasteiger partial charge in [0.1, 0.15) is 12.1 Å². The number of hydrogen-bond acceptors (Lipinski definition) is 8. The molecule has 1 aromatic heterocycles. The van der Waals surface area contributed by atoms with Gasteiger partial charge in [-0.25, -0.2) is 14.4 Å². The summed E-state index contributed by atoms with van der Waals surface area (Å²) in [5.41, 5.74) is 1.89. The molecule has 2 saturated heterocycles. The summed E-state index contributed by atoms with van der Waals surface area (Å²) in [6.45, 7) is 5.65. The molecule has 0 saturated carbocycles. The van der Waals surface area contributed by atoms with Gasteiger partial charge in [-0.2, -0.15) is 0 Å². The largest absolute Gasteiger partial charge is 0.573 e. The first-order chi connectivity index (χ1) is 19.6. The van der Waals surface area contributed by atoms with E-state index in [0.717, 1.165) is 36.4 Å². The highest BCUT2D eigenvalue weighted by Crippen LogP contribution is 2.43. The van der Waals surface area contributed by atoms with Crippen molar-refractivity contribution in [3.05, 3.63) is 47.2 Å². The van der Waals surface area contributed by atoms with Gasteiger partial charge in [0.15, 0.2) is 11.6 Å². The van der Waals surface area contributed by atoms with E-state index >= 15 is 0 Å². The molecular weight excluding hydrogens is 546 g/mol. The Morgan fingerprint density at radius 2 is 1.93 bits per heavy atom. The average Bonchev–Trinajstić information content (AvgIpc) is 3.25. The molecule has 2 aliphatic heterocycles. The fraction of sp³-hybridized carbons (Fsp3) is 0.607. The zero-order valence-electron chi connectivity index (χ0n) is 22.9. The third-order valence-electron chi connectivity index (χ3n) is 8.14. The summed E-state index contributed by atoms with van der Waals surface area (Å²) in [5, 5.41) is 13.8. The number of fused-ring (bicyclic) bond motifs is 1. The predicted octanol–water partition coefficient (Wildman–Crippen LogP) is 3.65. The highest BCUT2D eigenvalue weighted by atomic mass is 19.4. The Morgan fingerprint density at radius 3 is 2.61 bits per heavy atom. The molecule has 0 bridgehead atoms. The summed E-state index contributed by atoms with van der Waals surface area (Å²) < 4.78 is 61.8. The standard InChI is InChI=1S/C28H35F4N5O4/c1-17-14-22(38)25-24(17)26(35-16-34-25)36-8-10-37(11-9-36)27(39)20(4-7-33-19-5-12-40-13-6-19)18-2-3-23(21(29)15-18)41-28(30,31)32/h2-3,15-17,19-20,22,33,38H,4-14H2,1H3/t17-,20-,22+/m1/s1. The van der Waals surface area contributed by atoms with E-state index < -0.39 is 30.0 Å². The summed E-state index contributed by atoms with van der Waals surface area (Å²) >= 11 is 0. The van der Waals surface area contributed by atoms with Crippen molar-refractivity contribution in [2.24, 2.45) is 0 Å². The van der Waals surface area contributed by atoms with Crippen LogP contribution in [0.25, 0.3) is 0 Å². The van der Waals surface area contributed by atoms with Crippen molar-refractivity contribution in [1.82, 2.24) is 20.2 Å². The van der Waals surface area contributed by atoms with E-state index in [4.69, 9.17) is 4.74 Å². The third-order valence-corrected chi connectivity index (χ3v) is 8.14. The minimum atomic E-state index is -5.02. The molecule has 1 aromatic carbocycles. The molecule has 13 heteroatoms. The van der Waals surface area contributed by atoms with Gasteiger partial charge >= 0.3 is 6.36 Å². The number of aromatic nitrogens is 2. The third kappa shape index (κ3) is 6.90. The van der Waals surface area contributed by atoms with Crippen molar-refractivity contribution in [3.63, 3.8) is 0 Å². The van der Waals surface area contributed by atoms with Crippen LogP contribution in [-0.2, 0) is 9.53 Å². The number of carbonyl (C=O) groups is 1. The molecule has 2 N–H and O–H groups in total. The molecule has 3 heterocycles. The lowest BCUT2D eigenvalue weighted by molar-refractivity contribution is -0.275. The number of aliphatic hydroxyl groups excluding tert-OH is 1. The van der Waals surface area contributed by atoms with Crippen molar-refractivity contribution in [2.45, 2.75) is 63.0 Å². The lowest BCUT2D eigenvalue weighted by Crippen LogP contribution is -2.50. The molecule has 5 rings (SSSR count). The number of nitrogens with one attached hydrogen (secondary N) is 1. The quantitative estimate of drug-likeness (QED) is 0.456. The fourth-order valence-electron chi connectivity index (χ4n) is 6.02. The number of carbonyl (C=O) groups excluding carboxylic acids is 1. The summed E-state index contributed by atoms with van der Waals surface area (Å²) in [5.74, 6) is -2.18. The minimum absolute atomic E-state index is 0.114. The minimum Gasteiger partial charge on any atom is -0.403 e. The molecule has 0 unspecified atom stereocenters. The van der Waals surface area contributed by atoms with Crippen LogP contribution < -0.4 is 15.0 Å². The van der Waals surface area contributed by atoms with E-state index in [1.165, 1.54) is 12.4 Å². The number of benzene rings is 1. The number of piperazine rings is 1. The number of aliphatic hydroxyl groups is 1. The normalized spacial score (nSPS) is 22.5. The average molecular weight is 582 g/mol. The van der Waals surface area contributed by atoms with Gasteiger partial charge < -0.3 is 29.7 Å². The predicted molar refractivity (Wildman–Crippen MR) is 141 cm³/mol. The van der Waals surface area contributed by atoms with Crippen LogP contribution in [0.2, 0.25) is 0 Å². The van der Waals surface area contributed by atoms with Gasteiger partial charge in [0.2, 0.25) is 5.91 Å². The Balaban J connectivity index is 1.29. The van der Waals surface area contributed by atoms with Crippen molar-refractivity contribution in [2.75, 3.05) is 50.8 Å². The van der Waals surface area contributed by atoms with Gasteiger partial charge in [0, 0.05) is 51.0 Å². The number of halogens is 4. The van der Waals surface area contributed by atoms with Gasteiger partial charge in [-0.05, 0) is 55.8 Å². The molecule has 1 aliphatic carbocycles. The monoisotopic (exact) mass is 581 g/mol. The number of alkyl halides is 3. The van der Waals surface area contributed by atoms with Crippen LogP contribution in [0.1, 0.15) is 67.4 Å². The molecule has 2 aromatic rings. The van der Waals surface area contributed by atoms with Crippen LogP contribution in [0.5, 0.6) is 5.75 Å². The van der Waals surface area contributed by atoms with E-state index in [1.807, 2.05) is 6.92 Å². The molecule has 0 spiro atoms. The van der Waals surface area contributed by atoms with Crippen molar-refractivity contribution in [1.29, 1.82) is 0 Å². The molecule has 3 atom stereocenters. The van der Waals surface area contributed by atoms with Crippen LogP contribution in [-0.4, -0.2) is 84.2 Å². The van der Waals surface area contributed by atoms with E-state index in [1.54, 1.807) is 4.90 Å². The number of amides is 1. The second-order valence-corrected chi connectivity index (χ2v) is 10.9. The Labute approximate surface area is 235 Å². The Bertz CT molecular complexity index is 1220. The maximum Gasteiger partial charge on any atom is 0.573 e. The van der Waals surface area contributed by atoms with Gasteiger partial charge in [-0.15, -0.1) is 13.2 Å². The van der Waals surface area contributed by atoms with Gasteiger partial charge in [-0.3, -0.25) is 4.79 Å². The highest BCUT2D eigenvalue weighted by molar-refractivity contribution is 5.84. The first-order valence-corrected chi connectivity index (χ1v) is 14.0. The number of rotatable bonds is 8. The first-order valence-electron chi connectivity index (χ1n) is 14.0. The van der Waals surface area contributed by atoms with Crippen LogP contribution in [0.15, 0.2) is 24.5 Å². The highest BCUT2D eigenvalue weighted by Gasteiger charge is 2.36. The van der Waals surface area contributed by atoms with Crippen molar-refractivity contribution in [3.8, 4) is 5.75 Å². The summed E-state index contributed by atoms with van der Waals surface area (Å²) in [4.78, 5) is 26.4. The maximum atomic E-state index is 14.7. The summed E-state index contributed by atoms with van der Waals surface area (Å²) in [6, 6.07) is 3.46. The maximum absolute atomic E-state index is 14.7. The van der Waals surface area contributed by atoms with Crippen LogP contribution in [0, 0.1) is 5.82 Å². The number of anilines is 1. The molecule has 224 valence electrons. The molecular formula is C28H35F4N5O4. The van der Waals surface area contributed by atoms with Gasteiger partial charge in [-0.1, -0.05) is 13.0 Å². The van der Waals surface area contributed by atoms with Crippen LogP contribution >= 0.6 is 0 Å². The number of nitrogens with zero attached hydrogens (tertiary/aromatic N) is 4.